The van der Waals surface area contributed by atoms with Gasteiger partial charge < -0.3 is 19.3 Å². The van der Waals surface area contributed by atoms with Crippen LogP contribution in [0.5, 0.6) is 5.75 Å². The Kier molecular flexibility index (Phi) is 5.64. The number of ether oxygens (including phenoxy) is 2. The van der Waals surface area contributed by atoms with Gasteiger partial charge in [-0.15, -0.1) is 0 Å². The second-order valence-corrected chi connectivity index (χ2v) is 11.3. The number of rotatable bonds is 1. The second kappa shape index (κ2) is 8.69. The maximum atomic E-state index is 16.4. The number of benzene rings is 2. The molecule has 1 fully saturated rings. The smallest absolute Gasteiger partial charge is 0.410 e. The minimum absolute atomic E-state index is 0.132. The number of piperazine rings is 1. The van der Waals surface area contributed by atoms with E-state index in [4.69, 9.17) is 21.1 Å². The van der Waals surface area contributed by atoms with Crippen LogP contribution in [0.15, 0.2) is 24.7 Å². The maximum Gasteiger partial charge on any atom is 0.410 e. The molecule has 198 valence electrons. The van der Waals surface area contributed by atoms with Gasteiger partial charge in [0, 0.05) is 35.6 Å². The molecule has 2 aliphatic rings. The van der Waals surface area contributed by atoms with Crippen LogP contribution in [0.3, 0.4) is 0 Å². The number of fused-ring (bicyclic) bond motifs is 3. The summed E-state index contributed by atoms with van der Waals surface area (Å²) in [4.78, 5) is 25.6. The van der Waals surface area contributed by atoms with Crippen molar-refractivity contribution < 1.29 is 18.7 Å². The lowest BCUT2D eigenvalue weighted by Crippen LogP contribution is -2.61. The summed E-state index contributed by atoms with van der Waals surface area (Å²) in [6, 6.07) is 3.38. The van der Waals surface area contributed by atoms with Gasteiger partial charge in [0.1, 0.15) is 29.9 Å². The first-order valence-electron chi connectivity index (χ1n) is 12.5. The van der Waals surface area contributed by atoms with Gasteiger partial charge in [0.05, 0.1) is 28.2 Å². The molecule has 9 nitrogen and oxygen atoms in total. The number of nitrogens with zero attached hydrogens (tertiary/aromatic N) is 5. The number of amides is 1. The third kappa shape index (κ3) is 3.81. The molecule has 0 spiro atoms. The van der Waals surface area contributed by atoms with Crippen molar-refractivity contribution in [3.05, 3.63) is 41.1 Å². The molecule has 0 aliphatic carbocycles. The summed E-state index contributed by atoms with van der Waals surface area (Å²) in [5.41, 5.74) is 1.98. The third-order valence-electron chi connectivity index (χ3n) is 7.14. The minimum Gasteiger partial charge on any atom is -0.489 e. The van der Waals surface area contributed by atoms with Crippen molar-refractivity contribution in [2.45, 2.75) is 52.3 Å². The number of hydrogen-bond donors (Lipinski definition) is 1. The number of H-pyrrole nitrogens is 1. The average Bonchev–Trinajstić information content (AvgIpc) is 3.27. The second-order valence-electron chi connectivity index (χ2n) is 10.9. The Hall–Kier alpha value is -3.66. The van der Waals surface area contributed by atoms with E-state index in [1.807, 2.05) is 46.8 Å². The quantitative estimate of drug-likeness (QED) is 0.343. The lowest BCUT2D eigenvalue weighted by atomic mass is 9.94. The highest BCUT2D eigenvalue weighted by atomic mass is 35.5. The molecule has 1 N–H and O–H groups in total. The Labute approximate surface area is 223 Å². The first kappa shape index (κ1) is 24.7. The van der Waals surface area contributed by atoms with Crippen LogP contribution in [0.4, 0.5) is 15.0 Å². The molecule has 1 saturated heterocycles. The number of aromatic nitrogens is 4. The number of aryl methyl sites for hydroxylation is 1. The molecule has 4 aromatic rings. The third-order valence-corrected chi connectivity index (χ3v) is 7.51. The van der Waals surface area contributed by atoms with Crippen LogP contribution in [0, 0.1) is 12.7 Å². The van der Waals surface area contributed by atoms with E-state index in [2.05, 4.69) is 25.1 Å². The van der Waals surface area contributed by atoms with Crippen LogP contribution < -0.4 is 9.64 Å². The number of aromatic amines is 1. The van der Waals surface area contributed by atoms with Gasteiger partial charge in [0.2, 0.25) is 0 Å². The Morgan fingerprint density at radius 2 is 2.03 bits per heavy atom. The van der Waals surface area contributed by atoms with E-state index in [0.29, 0.717) is 35.6 Å². The summed E-state index contributed by atoms with van der Waals surface area (Å²) in [6.45, 7) is 10.4. The van der Waals surface area contributed by atoms with Crippen LogP contribution in [0.2, 0.25) is 5.02 Å². The summed E-state index contributed by atoms with van der Waals surface area (Å²) in [6.07, 6.45) is 2.64. The molecule has 0 saturated carbocycles. The topological polar surface area (TPSA) is 96.5 Å². The van der Waals surface area contributed by atoms with Gasteiger partial charge in [-0.05, 0) is 46.2 Å². The summed E-state index contributed by atoms with van der Waals surface area (Å²) >= 11 is 6.97. The van der Waals surface area contributed by atoms with Crippen molar-refractivity contribution in [3.63, 3.8) is 0 Å². The van der Waals surface area contributed by atoms with Crippen LogP contribution in [-0.2, 0) is 4.74 Å². The van der Waals surface area contributed by atoms with Crippen molar-refractivity contribution in [2.24, 2.45) is 0 Å². The van der Waals surface area contributed by atoms with Crippen molar-refractivity contribution >= 4 is 45.3 Å². The largest absolute Gasteiger partial charge is 0.489 e. The molecule has 11 heteroatoms. The zero-order chi connectivity index (χ0) is 26.9. The Balaban J connectivity index is 1.49. The molecule has 0 unspecified atom stereocenters. The Morgan fingerprint density at radius 3 is 2.79 bits per heavy atom. The minimum atomic E-state index is -0.611. The predicted molar refractivity (Wildman–Crippen MR) is 143 cm³/mol. The van der Waals surface area contributed by atoms with Gasteiger partial charge in [-0.25, -0.2) is 19.2 Å². The molecule has 6 rings (SSSR count). The van der Waals surface area contributed by atoms with E-state index in [0.717, 1.165) is 16.5 Å². The molecule has 0 bridgehead atoms. The molecule has 4 heterocycles. The van der Waals surface area contributed by atoms with E-state index < -0.39 is 11.4 Å². The highest BCUT2D eigenvalue weighted by Crippen LogP contribution is 2.49. The van der Waals surface area contributed by atoms with Crippen LogP contribution in [0.1, 0.15) is 33.3 Å². The van der Waals surface area contributed by atoms with Gasteiger partial charge in [-0.3, -0.25) is 5.10 Å². The molecule has 2 aromatic carbocycles. The van der Waals surface area contributed by atoms with Crippen LogP contribution in [0.25, 0.3) is 32.9 Å². The standard InChI is InChI=1S/C27H28ClFN6O3/c1-13-6-7-17-16(8-32-33-17)18(13)19-21(28)24-20-23(22(19)29)30-12-31-25(20)35-9-14(2)34(10-15(35)11-37-24)26(36)38-27(3,4)5/h6-8,12,14-15H,9-11H2,1-5H3,(H,32,33)/t14-,15+/m1/s1. The van der Waals surface area contributed by atoms with Crippen molar-refractivity contribution in [2.75, 3.05) is 24.6 Å². The van der Waals surface area contributed by atoms with Gasteiger partial charge in [-0.1, -0.05) is 17.7 Å². The van der Waals surface area contributed by atoms with Gasteiger partial charge in [0.25, 0.3) is 0 Å². The fraction of sp³-hybridized carbons (Fsp3) is 0.407. The highest BCUT2D eigenvalue weighted by molar-refractivity contribution is 6.37. The lowest BCUT2D eigenvalue weighted by Gasteiger charge is -2.44. The Bertz CT molecular complexity index is 1600. The van der Waals surface area contributed by atoms with Gasteiger partial charge in [-0.2, -0.15) is 5.10 Å². The molecule has 2 aromatic heterocycles. The normalized spacial score (nSPS) is 19.3. The van der Waals surface area contributed by atoms with Crippen molar-refractivity contribution in [1.29, 1.82) is 0 Å². The molecule has 2 aliphatic heterocycles. The molecule has 1 amide bonds. The number of carbonyl (C=O) groups is 1. The number of nitrogens with one attached hydrogen (secondary N) is 1. The zero-order valence-electron chi connectivity index (χ0n) is 21.8. The summed E-state index contributed by atoms with van der Waals surface area (Å²) < 4.78 is 28.3. The van der Waals surface area contributed by atoms with Gasteiger partial charge >= 0.3 is 6.09 Å². The van der Waals surface area contributed by atoms with Crippen molar-refractivity contribution in [3.8, 4) is 16.9 Å². The molecular formula is C27H28ClFN6O3. The first-order valence-corrected chi connectivity index (χ1v) is 12.9. The fourth-order valence-corrected chi connectivity index (χ4v) is 5.74. The SMILES string of the molecule is Cc1ccc2[nH]ncc2c1-c1c(Cl)c2c3c(ncnc3c1F)N1C[C@@H](C)N(C(=O)OC(C)(C)C)C[C@H]1CO2. The van der Waals surface area contributed by atoms with Gasteiger partial charge in [0.15, 0.2) is 11.6 Å². The van der Waals surface area contributed by atoms with E-state index in [1.54, 1.807) is 11.1 Å². The fourth-order valence-electron chi connectivity index (χ4n) is 5.42. The molecule has 2 atom stereocenters. The van der Waals surface area contributed by atoms with E-state index >= 15 is 4.39 Å². The first-order chi connectivity index (χ1) is 18.0. The lowest BCUT2D eigenvalue weighted by molar-refractivity contribution is 0.0109. The average molecular weight is 539 g/mol. The summed E-state index contributed by atoms with van der Waals surface area (Å²) in [5.74, 6) is 0.324. The number of carbonyl (C=O) groups excluding carboxylic acids is 1. The summed E-state index contributed by atoms with van der Waals surface area (Å²) in [7, 11) is 0. The zero-order valence-corrected chi connectivity index (χ0v) is 22.6. The number of anilines is 1. The monoisotopic (exact) mass is 538 g/mol. The number of halogens is 2. The number of hydrogen-bond acceptors (Lipinski definition) is 7. The summed E-state index contributed by atoms with van der Waals surface area (Å²) in [5, 5.41) is 8.40. The van der Waals surface area contributed by atoms with Crippen molar-refractivity contribution in [1.82, 2.24) is 25.1 Å². The van der Waals surface area contributed by atoms with E-state index in [9.17, 15) is 4.79 Å². The maximum absolute atomic E-state index is 16.4. The molecule has 0 radical (unpaired) electrons. The molecule has 38 heavy (non-hydrogen) atoms. The Morgan fingerprint density at radius 1 is 1.24 bits per heavy atom. The van der Waals surface area contributed by atoms with E-state index in [1.165, 1.54) is 6.33 Å². The predicted octanol–water partition coefficient (Wildman–Crippen LogP) is 5.48. The van der Waals surface area contributed by atoms with Crippen LogP contribution in [-0.4, -0.2) is 68.5 Å². The van der Waals surface area contributed by atoms with E-state index in [-0.39, 0.29) is 40.9 Å². The van der Waals surface area contributed by atoms with Crippen LogP contribution >= 0.6 is 11.6 Å². The highest BCUT2D eigenvalue weighted by Gasteiger charge is 2.41. The molecular weight excluding hydrogens is 511 g/mol.